The maximum atomic E-state index is 14.4. The third-order valence-corrected chi connectivity index (χ3v) is 17.4. The van der Waals surface area contributed by atoms with Crippen molar-refractivity contribution < 1.29 is 27.2 Å². The standard InChI is InChI=1S/C33H50ClNO6SSi/c1-30(2,3)40-27(36)19-23(18-25(34)28(22-14-12-11-13-15-22)41-43(9,10)31(4,5)6)29(37)35-26-20-24-16-17-33(26,32(24,7)8)21-42(35,38)39/h11-15,18,23-24,26,28H,16-17,19-21H2,1-10H3/b25-18-/t23-,24+,26+,28+,33+/m0/s1. The molecule has 0 radical (unpaired) electrons. The monoisotopic (exact) mass is 651 g/mol. The predicted octanol–water partition coefficient (Wildman–Crippen LogP) is 7.59. The predicted molar refractivity (Wildman–Crippen MR) is 173 cm³/mol. The zero-order chi connectivity index (χ0) is 32.4. The van der Waals surface area contributed by atoms with Crippen LogP contribution in [0.25, 0.3) is 0 Å². The summed E-state index contributed by atoms with van der Waals surface area (Å²) in [7, 11) is -6.25. The van der Waals surface area contributed by atoms with Gasteiger partial charge >= 0.3 is 5.97 Å². The van der Waals surface area contributed by atoms with Crippen LogP contribution in [0.1, 0.15) is 92.7 Å². The van der Waals surface area contributed by atoms with Gasteiger partial charge in [0.25, 0.3) is 0 Å². The Morgan fingerprint density at radius 3 is 2.26 bits per heavy atom. The Morgan fingerprint density at radius 1 is 1.12 bits per heavy atom. The summed E-state index contributed by atoms with van der Waals surface area (Å²) in [4.78, 5) is 27.6. The molecule has 2 saturated carbocycles. The van der Waals surface area contributed by atoms with Crippen molar-refractivity contribution in [3.05, 3.63) is 47.0 Å². The van der Waals surface area contributed by atoms with Crippen molar-refractivity contribution in [3.8, 4) is 0 Å². The Kier molecular flexibility index (Phi) is 8.97. The van der Waals surface area contributed by atoms with Gasteiger partial charge in [0.15, 0.2) is 8.32 Å². The molecule has 4 rings (SSSR count). The average molecular weight is 652 g/mol. The van der Waals surface area contributed by atoms with Crippen molar-refractivity contribution in [2.75, 3.05) is 5.75 Å². The summed E-state index contributed by atoms with van der Waals surface area (Å²) in [6.45, 7) is 20.2. The van der Waals surface area contributed by atoms with E-state index in [1.165, 1.54) is 6.08 Å². The lowest BCUT2D eigenvalue weighted by Crippen LogP contribution is -2.46. The molecule has 3 aliphatic rings. The van der Waals surface area contributed by atoms with E-state index in [1.807, 2.05) is 30.3 Å². The maximum Gasteiger partial charge on any atom is 0.307 e. The van der Waals surface area contributed by atoms with Crippen molar-refractivity contribution >= 4 is 41.8 Å². The summed E-state index contributed by atoms with van der Waals surface area (Å²) in [6.07, 6.45) is 2.93. The molecule has 7 nitrogen and oxygen atoms in total. The van der Waals surface area contributed by atoms with Crippen LogP contribution in [0.2, 0.25) is 18.1 Å². The minimum absolute atomic E-state index is 0.0440. The van der Waals surface area contributed by atoms with Gasteiger partial charge in [-0.3, -0.25) is 9.59 Å². The molecule has 5 atom stereocenters. The van der Waals surface area contributed by atoms with Gasteiger partial charge in [0.2, 0.25) is 15.9 Å². The molecule has 1 aliphatic heterocycles. The van der Waals surface area contributed by atoms with E-state index >= 15 is 0 Å². The fourth-order valence-corrected chi connectivity index (χ4v) is 11.4. The molecule has 2 bridgehead atoms. The molecule has 0 N–H and O–H groups in total. The van der Waals surface area contributed by atoms with E-state index in [1.54, 1.807) is 20.8 Å². The molecule has 1 amide bonds. The molecular formula is C33H50ClNO6SSi. The van der Waals surface area contributed by atoms with Crippen molar-refractivity contribution in [1.82, 2.24) is 4.31 Å². The van der Waals surface area contributed by atoms with Crippen molar-refractivity contribution in [1.29, 1.82) is 0 Å². The normalized spacial score (nSPS) is 28.0. The Morgan fingerprint density at radius 2 is 1.72 bits per heavy atom. The van der Waals surface area contributed by atoms with Crippen molar-refractivity contribution in [3.63, 3.8) is 0 Å². The van der Waals surface area contributed by atoms with E-state index < -0.39 is 59.3 Å². The number of halogens is 1. The van der Waals surface area contributed by atoms with Gasteiger partial charge in [-0.2, -0.15) is 0 Å². The number of sulfonamides is 1. The van der Waals surface area contributed by atoms with Crippen LogP contribution in [0.3, 0.4) is 0 Å². The third-order valence-electron chi connectivity index (χ3n) is 10.7. The highest BCUT2D eigenvalue weighted by Gasteiger charge is 2.72. The van der Waals surface area contributed by atoms with Gasteiger partial charge < -0.3 is 9.16 Å². The summed E-state index contributed by atoms with van der Waals surface area (Å²) < 4.78 is 41.0. The summed E-state index contributed by atoms with van der Waals surface area (Å²) in [6, 6.07) is 9.14. The Balaban J connectivity index is 1.77. The van der Waals surface area contributed by atoms with Crippen molar-refractivity contribution in [2.45, 2.75) is 117 Å². The highest BCUT2D eigenvalue weighted by atomic mass is 35.5. The van der Waals surface area contributed by atoms with E-state index in [0.29, 0.717) is 12.3 Å². The van der Waals surface area contributed by atoms with Gasteiger partial charge in [-0.15, -0.1) is 0 Å². The molecule has 1 aromatic carbocycles. The fraction of sp³-hybridized carbons (Fsp3) is 0.697. The summed E-state index contributed by atoms with van der Waals surface area (Å²) in [5, 5.41) is 0.132. The second-order valence-corrected chi connectivity index (χ2v) is 22.9. The number of nitrogens with zero attached hydrogens (tertiary/aromatic N) is 1. The van der Waals surface area contributed by atoms with Crippen LogP contribution in [0.5, 0.6) is 0 Å². The molecule has 1 heterocycles. The SMILES string of the molecule is CC(C)(C)OC(=O)C[C@H](/C=C(\Cl)[C@H](O[Si](C)(C)C(C)(C)C)c1ccccc1)C(=O)N1[C@@H]2C[C@H]3CC[C@]2(CS1(=O)=O)C3(C)C. The topological polar surface area (TPSA) is 90.0 Å². The number of ether oxygens (including phenoxy) is 1. The maximum absolute atomic E-state index is 14.4. The number of rotatable bonds is 8. The zero-order valence-corrected chi connectivity index (χ0v) is 30.1. The lowest BCUT2D eigenvalue weighted by atomic mass is 9.69. The lowest BCUT2D eigenvalue weighted by molar-refractivity contribution is -0.157. The van der Waals surface area contributed by atoms with E-state index in [2.05, 4.69) is 47.7 Å². The first-order chi connectivity index (χ1) is 19.5. The first kappa shape index (κ1) is 34.2. The average Bonchev–Trinajstić information content (AvgIpc) is 3.33. The zero-order valence-electron chi connectivity index (χ0n) is 27.5. The van der Waals surface area contributed by atoms with Gasteiger partial charge in [0.1, 0.15) is 11.7 Å². The lowest BCUT2D eigenvalue weighted by Gasteiger charge is -2.39. The van der Waals surface area contributed by atoms with E-state index in [9.17, 15) is 18.0 Å². The molecule has 3 fully saturated rings. The molecule has 1 spiro atoms. The molecule has 1 aromatic rings. The third kappa shape index (κ3) is 6.38. The van der Waals surface area contributed by atoms with Gasteiger partial charge in [-0.25, -0.2) is 12.7 Å². The highest BCUT2D eigenvalue weighted by molar-refractivity contribution is 7.90. The first-order valence-corrected chi connectivity index (χ1v) is 20.3. The van der Waals surface area contributed by atoms with Crippen LogP contribution >= 0.6 is 11.6 Å². The highest BCUT2D eigenvalue weighted by Crippen LogP contribution is 2.70. The van der Waals surface area contributed by atoms with Crippen LogP contribution < -0.4 is 0 Å². The quantitative estimate of drug-likeness (QED) is 0.213. The first-order valence-electron chi connectivity index (χ1n) is 15.4. The van der Waals surface area contributed by atoms with E-state index in [-0.39, 0.29) is 27.7 Å². The van der Waals surface area contributed by atoms with Crippen molar-refractivity contribution in [2.24, 2.45) is 22.7 Å². The van der Waals surface area contributed by atoms with Crippen LogP contribution in [0.4, 0.5) is 0 Å². The molecule has 240 valence electrons. The smallest absolute Gasteiger partial charge is 0.307 e. The van der Waals surface area contributed by atoms with Gasteiger partial charge in [0.05, 0.1) is 24.1 Å². The summed E-state index contributed by atoms with van der Waals surface area (Å²) >= 11 is 7.07. The van der Waals surface area contributed by atoms with Crippen LogP contribution in [-0.2, 0) is 28.8 Å². The number of benzene rings is 1. The largest absolute Gasteiger partial charge is 0.460 e. The number of fused-ring (bicyclic) bond motifs is 1. The molecule has 10 heteroatoms. The molecule has 0 unspecified atom stereocenters. The number of hydrogen-bond acceptors (Lipinski definition) is 6. The molecule has 1 saturated heterocycles. The Bertz CT molecular complexity index is 1380. The van der Waals surface area contributed by atoms with Gasteiger partial charge in [-0.1, -0.05) is 82.6 Å². The van der Waals surface area contributed by atoms with Gasteiger partial charge in [0, 0.05) is 10.4 Å². The fourth-order valence-electron chi connectivity index (χ4n) is 7.19. The van der Waals surface area contributed by atoms with Crippen LogP contribution in [-0.4, -0.2) is 50.3 Å². The molecule has 2 aliphatic carbocycles. The summed E-state index contributed by atoms with van der Waals surface area (Å²) in [5.41, 5.74) is -0.619. The molecule has 43 heavy (non-hydrogen) atoms. The second-order valence-electron chi connectivity index (χ2n) is 15.9. The molecule has 0 aromatic heterocycles. The number of hydrogen-bond donors (Lipinski definition) is 0. The van der Waals surface area contributed by atoms with Gasteiger partial charge in [-0.05, 0) is 75.1 Å². The second kappa shape index (κ2) is 11.3. The minimum Gasteiger partial charge on any atom is -0.460 e. The number of carbonyl (C=O) groups is 2. The number of carbonyl (C=O) groups excluding carboxylic acids is 2. The molecular weight excluding hydrogens is 602 g/mol. The number of esters is 1. The van der Waals surface area contributed by atoms with E-state index in [4.69, 9.17) is 20.8 Å². The van der Waals surface area contributed by atoms with Crippen LogP contribution in [0.15, 0.2) is 41.4 Å². The van der Waals surface area contributed by atoms with E-state index in [0.717, 1.165) is 22.7 Å². The Hall–Kier alpha value is -1.68. The number of amides is 1. The minimum atomic E-state index is -3.90. The Labute approximate surface area is 264 Å². The van der Waals surface area contributed by atoms with Crippen LogP contribution in [0, 0.1) is 22.7 Å². The summed E-state index contributed by atoms with van der Waals surface area (Å²) in [5.74, 6) is -2.03.